The molecule has 0 saturated heterocycles. The molecular weight excluding hydrogens is 450 g/mol. The number of aromatic nitrogens is 3. The van der Waals surface area contributed by atoms with Crippen molar-refractivity contribution in [3.63, 3.8) is 0 Å². The summed E-state index contributed by atoms with van der Waals surface area (Å²) in [7, 11) is 7.40. The first-order valence-corrected chi connectivity index (χ1v) is 12.8. The number of pyridine rings is 1. The van der Waals surface area contributed by atoms with E-state index in [0.717, 1.165) is 60.1 Å². The molecule has 0 fully saturated rings. The molecule has 0 spiro atoms. The Labute approximate surface area is 214 Å². The number of esters is 1. The molecule has 7 nitrogen and oxygen atoms in total. The van der Waals surface area contributed by atoms with Gasteiger partial charge in [0, 0.05) is 31.9 Å². The van der Waals surface area contributed by atoms with Gasteiger partial charge in [-0.15, -0.1) is 0 Å². The first-order chi connectivity index (χ1) is 17.4. The molecule has 2 aromatic carbocycles. The van der Waals surface area contributed by atoms with Crippen molar-refractivity contribution in [3.8, 4) is 0 Å². The van der Waals surface area contributed by atoms with E-state index in [2.05, 4.69) is 60.1 Å². The monoisotopic (exact) mass is 489 g/mol. The zero-order valence-corrected chi connectivity index (χ0v) is 22.7. The molecule has 0 amide bonds. The van der Waals surface area contributed by atoms with Crippen molar-refractivity contribution in [2.24, 2.45) is 0 Å². The predicted octanol–water partition coefficient (Wildman–Crippen LogP) is 5.89. The summed E-state index contributed by atoms with van der Waals surface area (Å²) in [6, 6.07) is 14.3. The lowest BCUT2D eigenvalue weighted by atomic mass is 10.1. The number of aryl methyl sites for hydroxylation is 1. The predicted molar refractivity (Wildman–Crippen MR) is 149 cm³/mol. The Kier molecular flexibility index (Phi) is 9.42. The Bertz CT molecular complexity index is 1310. The van der Waals surface area contributed by atoms with Gasteiger partial charge in [0.15, 0.2) is 5.82 Å². The van der Waals surface area contributed by atoms with Crippen LogP contribution in [0.3, 0.4) is 0 Å². The van der Waals surface area contributed by atoms with E-state index in [-0.39, 0.29) is 5.97 Å². The van der Waals surface area contributed by atoms with Crippen LogP contribution in [-0.4, -0.2) is 53.7 Å². The van der Waals surface area contributed by atoms with Crippen LogP contribution < -0.4 is 5.32 Å². The van der Waals surface area contributed by atoms with Crippen LogP contribution in [0.1, 0.15) is 60.9 Å². The summed E-state index contributed by atoms with van der Waals surface area (Å²) >= 11 is 0. The third kappa shape index (κ3) is 5.85. The third-order valence-electron chi connectivity index (χ3n) is 6.03. The van der Waals surface area contributed by atoms with E-state index in [1.165, 1.54) is 18.2 Å². The molecule has 0 unspecified atom stereocenters. The molecule has 0 atom stereocenters. The molecule has 0 saturated carbocycles. The number of fused-ring (bicyclic) bond motifs is 3. The van der Waals surface area contributed by atoms with Crippen molar-refractivity contribution < 1.29 is 9.53 Å². The van der Waals surface area contributed by atoms with Crippen LogP contribution in [-0.2, 0) is 24.2 Å². The van der Waals surface area contributed by atoms with Crippen LogP contribution in [0, 0.1) is 0 Å². The second-order valence-electron chi connectivity index (χ2n) is 8.90. The Balaban J connectivity index is 0.00000176. The van der Waals surface area contributed by atoms with Crippen molar-refractivity contribution in [3.05, 3.63) is 65.0 Å². The van der Waals surface area contributed by atoms with Crippen molar-refractivity contribution in [1.29, 1.82) is 0 Å². The number of hydrogen-bond donors (Lipinski definition) is 1. The van der Waals surface area contributed by atoms with Crippen molar-refractivity contribution in [1.82, 2.24) is 19.4 Å². The highest BCUT2D eigenvalue weighted by molar-refractivity contribution is 6.08. The quantitative estimate of drug-likeness (QED) is 0.296. The first kappa shape index (κ1) is 27.1. The Morgan fingerprint density at radius 3 is 2.36 bits per heavy atom. The molecule has 7 heteroatoms. The first-order valence-electron chi connectivity index (χ1n) is 12.8. The fourth-order valence-corrected chi connectivity index (χ4v) is 4.35. The van der Waals surface area contributed by atoms with Gasteiger partial charge >= 0.3 is 5.97 Å². The molecule has 0 bridgehead atoms. The van der Waals surface area contributed by atoms with Gasteiger partial charge in [-0.3, -0.25) is 0 Å². The number of hydrogen-bond acceptors (Lipinski definition) is 6. The van der Waals surface area contributed by atoms with E-state index in [9.17, 15) is 4.79 Å². The SMILES string of the molecule is CC.CCCCc1nc2c(NC)nc3cc(C(=O)OC)ccc3c2n1Cc1ccc(CN(C)C)cc1. The van der Waals surface area contributed by atoms with Crippen LogP contribution >= 0.6 is 0 Å². The average Bonchev–Trinajstić information content (AvgIpc) is 3.26. The van der Waals surface area contributed by atoms with Gasteiger partial charge in [0.05, 0.1) is 23.7 Å². The van der Waals surface area contributed by atoms with Crippen LogP contribution in [0.5, 0.6) is 0 Å². The lowest BCUT2D eigenvalue weighted by Crippen LogP contribution is -2.11. The molecule has 4 aromatic rings. The number of ether oxygens (including phenoxy) is 1. The zero-order valence-electron chi connectivity index (χ0n) is 22.7. The Morgan fingerprint density at radius 2 is 1.75 bits per heavy atom. The van der Waals surface area contributed by atoms with Gasteiger partial charge in [0.25, 0.3) is 0 Å². The number of anilines is 1. The molecule has 192 valence electrons. The van der Waals surface area contributed by atoms with Gasteiger partial charge in [-0.2, -0.15) is 0 Å². The lowest BCUT2D eigenvalue weighted by Gasteiger charge is -2.13. The maximum absolute atomic E-state index is 12.1. The van der Waals surface area contributed by atoms with Gasteiger partial charge < -0.3 is 19.5 Å². The average molecular weight is 490 g/mol. The molecule has 2 aromatic heterocycles. The molecule has 4 rings (SSSR count). The van der Waals surface area contributed by atoms with Gasteiger partial charge in [-0.05, 0) is 49.8 Å². The largest absolute Gasteiger partial charge is 0.465 e. The van der Waals surface area contributed by atoms with Crippen molar-refractivity contribution in [2.45, 2.75) is 53.1 Å². The molecule has 0 radical (unpaired) electrons. The number of methoxy groups -OCH3 is 1. The van der Waals surface area contributed by atoms with E-state index in [4.69, 9.17) is 14.7 Å². The van der Waals surface area contributed by atoms with Crippen molar-refractivity contribution in [2.75, 3.05) is 33.6 Å². The number of unbranched alkanes of at least 4 members (excludes halogenated alkanes) is 1. The summed E-state index contributed by atoms with van der Waals surface area (Å²) in [6.07, 6.45) is 3.06. The van der Waals surface area contributed by atoms with E-state index < -0.39 is 0 Å². The standard InChI is InChI=1S/C27H33N5O2.C2H6/c1-6-7-8-23-30-24-25(32(23)17-19-11-9-18(10-12-19)16-31(3)4)21-14-13-20(27(33)34-5)15-22(21)29-26(24)28-2;1-2/h9-15H,6-8,16-17H2,1-5H3,(H,28,29);1-2H3. The fourth-order valence-electron chi connectivity index (χ4n) is 4.35. The smallest absolute Gasteiger partial charge is 0.337 e. The van der Waals surface area contributed by atoms with Gasteiger partial charge in [0.1, 0.15) is 11.3 Å². The minimum atomic E-state index is -0.371. The molecule has 1 N–H and O–H groups in total. The van der Waals surface area contributed by atoms with Gasteiger partial charge in [-0.25, -0.2) is 14.8 Å². The highest BCUT2D eigenvalue weighted by Gasteiger charge is 2.19. The number of carbonyl (C=O) groups excluding carboxylic acids is 1. The summed E-state index contributed by atoms with van der Waals surface area (Å²) in [4.78, 5) is 24.1. The number of rotatable bonds is 9. The maximum atomic E-state index is 12.1. The summed E-state index contributed by atoms with van der Waals surface area (Å²) in [5, 5.41) is 4.18. The molecule has 0 aliphatic carbocycles. The summed E-state index contributed by atoms with van der Waals surface area (Å²) < 4.78 is 7.23. The van der Waals surface area contributed by atoms with E-state index in [1.54, 1.807) is 12.1 Å². The minimum Gasteiger partial charge on any atom is -0.465 e. The molecule has 0 aliphatic heterocycles. The van der Waals surface area contributed by atoms with Gasteiger partial charge in [0.2, 0.25) is 0 Å². The molecule has 2 heterocycles. The van der Waals surface area contributed by atoms with Crippen LogP contribution in [0.25, 0.3) is 21.9 Å². The number of benzene rings is 2. The van der Waals surface area contributed by atoms with Crippen LogP contribution in [0.15, 0.2) is 42.5 Å². The Morgan fingerprint density at radius 1 is 1.06 bits per heavy atom. The number of imidazole rings is 1. The minimum absolute atomic E-state index is 0.371. The normalized spacial score (nSPS) is 11.0. The zero-order chi connectivity index (χ0) is 26.2. The van der Waals surface area contributed by atoms with E-state index in [0.29, 0.717) is 11.4 Å². The fraction of sp³-hybridized carbons (Fsp3) is 0.414. The lowest BCUT2D eigenvalue weighted by molar-refractivity contribution is 0.0601. The number of nitrogens with one attached hydrogen (secondary N) is 1. The third-order valence-corrected chi connectivity index (χ3v) is 6.03. The number of carbonyl (C=O) groups is 1. The second kappa shape index (κ2) is 12.5. The second-order valence-corrected chi connectivity index (χ2v) is 8.90. The Hall–Kier alpha value is -3.45. The molecular formula is C29H39N5O2. The summed E-state index contributed by atoms with van der Waals surface area (Å²) in [5.74, 6) is 1.39. The molecule has 36 heavy (non-hydrogen) atoms. The topological polar surface area (TPSA) is 72.3 Å². The highest BCUT2D eigenvalue weighted by atomic mass is 16.5. The van der Waals surface area contributed by atoms with E-state index in [1.807, 2.05) is 27.0 Å². The van der Waals surface area contributed by atoms with Gasteiger partial charge in [-0.1, -0.05) is 51.5 Å². The number of nitrogens with zero attached hydrogens (tertiary/aromatic N) is 4. The van der Waals surface area contributed by atoms with Crippen LogP contribution in [0.4, 0.5) is 5.82 Å². The highest BCUT2D eigenvalue weighted by Crippen LogP contribution is 2.32. The van der Waals surface area contributed by atoms with E-state index >= 15 is 0 Å². The molecule has 0 aliphatic rings. The van der Waals surface area contributed by atoms with Crippen molar-refractivity contribution >= 4 is 33.7 Å². The van der Waals surface area contributed by atoms with Crippen LogP contribution in [0.2, 0.25) is 0 Å². The summed E-state index contributed by atoms with van der Waals surface area (Å²) in [5.41, 5.74) is 5.63. The summed E-state index contributed by atoms with van der Waals surface area (Å²) in [6.45, 7) is 7.83. The maximum Gasteiger partial charge on any atom is 0.337 e.